The van der Waals surface area contributed by atoms with Crippen molar-refractivity contribution in [2.24, 2.45) is 0 Å². The number of phenolic OH excluding ortho intramolecular Hbond substituents is 1. The molecule has 0 aromatic heterocycles. The molecule has 2 rings (SSSR count). The van der Waals surface area contributed by atoms with Gasteiger partial charge in [0.25, 0.3) is 0 Å². The minimum atomic E-state index is -0.436. The van der Waals surface area contributed by atoms with Gasteiger partial charge in [0.15, 0.2) is 0 Å². The molecule has 7 heteroatoms. The number of hydrogen-bond acceptors (Lipinski definition) is 3. The average molecular weight is 416 g/mol. The van der Waals surface area contributed by atoms with Crippen LogP contribution in [0.2, 0.25) is 0 Å². The third-order valence-corrected chi connectivity index (χ3v) is 4.45. The van der Waals surface area contributed by atoms with Gasteiger partial charge < -0.3 is 10.4 Å². The minimum absolute atomic E-state index is 0. The maximum absolute atomic E-state index is 13.5. The number of allylic oxidation sites excluding steroid dienone is 1. The van der Waals surface area contributed by atoms with Gasteiger partial charge in [-0.15, -0.1) is 31.4 Å². The molecule has 1 aliphatic rings. The van der Waals surface area contributed by atoms with Crippen molar-refractivity contribution >= 4 is 40.7 Å². The van der Waals surface area contributed by atoms with E-state index in [0.717, 1.165) is 44.6 Å². The van der Waals surface area contributed by atoms with Crippen molar-refractivity contribution in [3.05, 3.63) is 40.6 Å². The molecule has 1 aromatic rings. The summed E-state index contributed by atoms with van der Waals surface area (Å²) in [5.41, 5.74) is 0.780. The molecule has 1 aromatic carbocycles. The number of phenols is 1. The van der Waals surface area contributed by atoms with E-state index >= 15 is 0 Å². The standard InChI is InChI=1S/C15H20BrFN2O.2ClH/c1-2-3-4-13(19-9-7-18-8-10-19)11-5-6-12(17)14(16)15(11)20;;/h2,5-6,13,18,20H,1,3-4,7-10H2;2*1H/t13-;;/m1../s1. The molecule has 0 amide bonds. The second-order valence-electron chi connectivity index (χ2n) is 4.97. The number of nitrogens with zero attached hydrogens (tertiary/aromatic N) is 1. The molecule has 0 unspecified atom stereocenters. The largest absolute Gasteiger partial charge is 0.506 e. The normalized spacial score (nSPS) is 16.3. The van der Waals surface area contributed by atoms with Crippen LogP contribution in [0.25, 0.3) is 0 Å². The molecule has 0 bridgehead atoms. The number of hydrogen-bond donors (Lipinski definition) is 2. The van der Waals surface area contributed by atoms with Crippen LogP contribution in [-0.2, 0) is 0 Å². The van der Waals surface area contributed by atoms with Gasteiger partial charge in [-0.3, -0.25) is 4.90 Å². The van der Waals surface area contributed by atoms with Crippen molar-refractivity contribution < 1.29 is 9.50 Å². The molecule has 126 valence electrons. The zero-order valence-corrected chi connectivity index (χ0v) is 15.4. The molecule has 1 heterocycles. The molecule has 1 aliphatic heterocycles. The molecule has 2 N–H and O–H groups in total. The molecular weight excluding hydrogens is 394 g/mol. The van der Waals surface area contributed by atoms with E-state index in [1.807, 2.05) is 6.08 Å². The third kappa shape index (κ3) is 5.10. The Morgan fingerprint density at radius 1 is 1.36 bits per heavy atom. The predicted octanol–water partition coefficient (Wildman–Crippen LogP) is 4.05. The lowest BCUT2D eigenvalue weighted by Crippen LogP contribution is -2.45. The van der Waals surface area contributed by atoms with Crippen LogP contribution in [0.15, 0.2) is 29.3 Å². The minimum Gasteiger partial charge on any atom is -0.506 e. The van der Waals surface area contributed by atoms with Gasteiger partial charge in [0.05, 0.1) is 4.47 Å². The quantitative estimate of drug-likeness (QED) is 0.712. The molecule has 1 fully saturated rings. The topological polar surface area (TPSA) is 35.5 Å². The van der Waals surface area contributed by atoms with Gasteiger partial charge in [0.1, 0.15) is 11.6 Å². The van der Waals surface area contributed by atoms with Crippen molar-refractivity contribution in [1.82, 2.24) is 10.2 Å². The zero-order valence-electron chi connectivity index (χ0n) is 12.2. The summed E-state index contributed by atoms with van der Waals surface area (Å²) in [6.07, 6.45) is 3.61. The molecule has 22 heavy (non-hydrogen) atoms. The maximum Gasteiger partial charge on any atom is 0.141 e. The fourth-order valence-corrected chi connectivity index (χ4v) is 2.99. The van der Waals surface area contributed by atoms with Crippen LogP contribution in [0.3, 0.4) is 0 Å². The maximum atomic E-state index is 13.5. The predicted molar refractivity (Wildman–Crippen MR) is 96.9 cm³/mol. The van der Waals surface area contributed by atoms with Crippen molar-refractivity contribution in [1.29, 1.82) is 0 Å². The van der Waals surface area contributed by atoms with E-state index in [2.05, 4.69) is 32.7 Å². The molecule has 3 nitrogen and oxygen atoms in total. The summed E-state index contributed by atoms with van der Waals surface area (Å²) >= 11 is 3.11. The van der Waals surface area contributed by atoms with Crippen LogP contribution < -0.4 is 5.32 Å². The molecule has 1 saturated heterocycles. The number of nitrogens with one attached hydrogen (secondary N) is 1. The first kappa shape index (κ1) is 21.7. The smallest absolute Gasteiger partial charge is 0.141 e. The molecule has 1 atom stereocenters. The molecular formula is C15H22BrCl2FN2O. The Kier molecular flexibility index (Phi) is 10.3. The van der Waals surface area contributed by atoms with Crippen LogP contribution in [0.4, 0.5) is 4.39 Å². The van der Waals surface area contributed by atoms with Crippen LogP contribution in [-0.4, -0.2) is 36.2 Å². The lowest BCUT2D eigenvalue weighted by Gasteiger charge is -2.35. The van der Waals surface area contributed by atoms with E-state index in [1.54, 1.807) is 6.07 Å². The van der Waals surface area contributed by atoms with Gasteiger partial charge in [0.2, 0.25) is 0 Å². The molecule has 0 aliphatic carbocycles. The highest BCUT2D eigenvalue weighted by atomic mass is 79.9. The fraction of sp³-hybridized carbons (Fsp3) is 0.467. The monoisotopic (exact) mass is 414 g/mol. The first-order valence-corrected chi connectivity index (χ1v) is 7.67. The molecule has 0 radical (unpaired) electrons. The van der Waals surface area contributed by atoms with Crippen LogP contribution in [0.1, 0.15) is 24.4 Å². The van der Waals surface area contributed by atoms with E-state index < -0.39 is 5.82 Å². The summed E-state index contributed by atoms with van der Waals surface area (Å²) in [5, 5.41) is 13.5. The highest BCUT2D eigenvalue weighted by Gasteiger charge is 2.25. The van der Waals surface area contributed by atoms with Crippen molar-refractivity contribution in [3.8, 4) is 5.75 Å². The second kappa shape index (κ2) is 10.4. The Balaban J connectivity index is 0.00000220. The van der Waals surface area contributed by atoms with Gasteiger partial charge >= 0.3 is 0 Å². The van der Waals surface area contributed by atoms with E-state index in [0.29, 0.717) is 0 Å². The average Bonchev–Trinajstić information content (AvgIpc) is 2.48. The van der Waals surface area contributed by atoms with Crippen molar-refractivity contribution in [2.75, 3.05) is 26.2 Å². The van der Waals surface area contributed by atoms with E-state index in [-0.39, 0.29) is 41.1 Å². The Hall–Kier alpha value is -0.330. The summed E-state index contributed by atoms with van der Waals surface area (Å²) in [7, 11) is 0. The van der Waals surface area contributed by atoms with Crippen LogP contribution >= 0.6 is 40.7 Å². The van der Waals surface area contributed by atoms with Gasteiger partial charge in [-0.1, -0.05) is 12.1 Å². The van der Waals surface area contributed by atoms with Gasteiger partial charge in [0, 0.05) is 37.8 Å². The number of halogens is 4. The fourth-order valence-electron chi connectivity index (χ4n) is 2.63. The summed E-state index contributed by atoms with van der Waals surface area (Å²) in [6.45, 7) is 7.49. The first-order chi connectivity index (χ1) is 9.65. The number of benzene rings is 1. The Bertz CT molecular complexity index is 485. The summed E-state index contributed by atoms with van der Waals surface area (Å²) in [4.78, 5) is 2.33. The Morgan fingerprint density at radius 2 is 2.00 bits per heavy atom. The van der Waals surface area contributed by atoms with Crippen LogP contribution in [0.5, 0.6) is 5.75 Å². The number of rotatable bonds is 5. The summed E-state index contributed by atoms with van der Waals surface area (Å²) < 4.78 is 13.6. The number of piperazine rings is 1. The highest BCUT2D eigenvalue weighted by Crippen LogP contribution is 2.38. The molecule has 0 saturated carbocycles. The van der Waals surface area contributed by atoms with Gasteiger partial charge in [-0.05, 0) is 34.8 Å². The second-order valence-corrected chi connectivity index (χ2v) is 5.76. The lowest BCUT2D eigenvalue weighted by atomic mass is 9.98. The van der Waals surface area contributed by atoms with Crippen LogP contribution in [0, 0.1) is 5.82 Å². The third-order valence-electron chi connectivity index (χ3n) is 3.70. The summed E-state index contributed by atoms with van der Waals surface area (Å²) in [5.74, 6) is -0.424. The highest BCUT2D eigenvalue weighted by molar-refractivity contribution is 9.10. The Morgan fingerprint density at radius 3 is 2.59 bits per heavy atom. The summed E-state index contributed by atoms with van der Waals surface area (Å²) in [6, 6.07) is 3.18. The molecule has 0 spiro atoms. The Labute approximate surface area is 151 Å². The van der Waals surface area contributed by atoms with Gasteiger partial charge in [-0.2, -0.15) is 0 Å². The van der Waals surface area contributed by atoms with Crippen molar-refractivity contribution in [3.63, 3.8) is 0 Å². The van der Waals surface area contributed by atoms with Gasteiger partial charge in [-0.25, -0.2) is 4.39 Å². The van der Waals surface area contributed by atoms with E-state index in [4.69, 9.17) is 0 Å². The van der Waals surface area contributed by atoms with E-state index in [1.165, 1.54) is 6.07 Å². The van der Waals surface area contributed by atoms with Crippen molar-refractivity contribution in [2.45, 2.75) is 18.9 Å². The lowest BCUT2D eigenvalue weighted by molar-refractivity contribution is 0.163. The number of aromatic hydroxyl groups is 1. The SMILES string of the molecule is C=CCC[C@H](c1ccc(F)c(Br)c1O)N1CCNCC1.Cl.Cl. The zero-order chi connectivity index (χ0) is 14.5. The first-order valence-electron chi connectivity index (χ1n) is 6.87. The van der Waals surface area contributed by atoms with E-state index in [9.17, 15) is 9.50 Å².